The van der Waals surface area contributed by atoms with Crippen molar-refractivity contribution in [2.75, 3.05) is 7.11 Å². The molecule has 1 fully saturated rings. The van der Waals surface area contributed by atoms with Crippen LogP contribution in [0.5, 0.6) is 5.75 Å². The molecule has 29 heavy (non-hydrogen) atoms. The number of carbonyl (C=O) groups excluding carboxylic acids is 1. The number of methoxy groups -OCH3 is 1. The minimum Gasteiger partial charge on any atom is -0.497 e. The number of benzene rings is 3. The fourth-order valence-electron chi connectivity index (χ4n) is 3.52. The maximum atomic E-state index is 12.8. The average Bonchev–Trinajstić information content (AvgIpc) is 3.24. The molecule has 3 aromatic rings. The number of ether oxygens (including phenoxy) is 2. The van der Waals surface area contributed by atoms with Crippen molar-refractivity contribution in [3.8, 4) is 5.75 Å². The molecule has 1 heterocycles. The first-order valence-electron chi connectivity index (χ1n) is 9.62. The number of carbonyl (C=O) groups is 1. The highest BCUT2D eigenvalue weighted by molar-refractivity contribution is 5.97. The highest BCUT2D eigenvalue weighted by Gasteiger charge is 2.38. The predicted molar refractivity (Wildman–Crippen MR) is 113 cm³/mol. The van der Waals surface area contributed by atoms with E-state index >= 15 is 0 Å². The Balaban J connectivity index is 1.55. The number of hydrogen-bond acceptors (Lipinski definition) is 4. The summed E-state index contributed by atoms with van der Waals surface area (Å²) >= 11 is 0. The summed E-state index contributed by atoms with van der Waals surface area (Å²) in [5.74, 6) is 0.635. The van der Waals surface area contributed by atoms with Crippen molar-refractivity contribution in [3.05, 3.63) is 108 Å². The molecule has 0 aromatic heterocycles. The molecular weight excluding hydrogens is 362 g/mol. The quantitative estimate of drug-likeness (QED) is 0.625. The lowest BCUT2D eigenvalue weighted by Gasteiger charge is -2.18. The topological polar surface area (TPSA) is 47.6 Å². The van der Waals surface area contributed by atoms with Crippen LogP contribution in [0.3, 0.4) is 0 Å². The Bertz CT molecular complexity index is 938. The van der Waals surface area contributed by atoms with E-state index in [-0.39, 0.29) is 17.9 Å². The highest BCUT2D eigenvalue weighted by Crippen LogP contribution is 2.38. The Kier molecular flexibility index (Phi) is 5.84. The van der Waals surface area contributed by atoms with E-state index in [1.807, 2.05) is 72.8 Å². The first-order valence-corrected chi connectivity index (χ1v) is 9.62. The van der Waals surface area contributed by atoms with Crippen molar-refractivity contribution < 1.29 is 14.3 Å². The van der Waals surface area contributed by atoms with Gasteiger partial charge >= 0.3 is 0 Å². The molecule has 1 aliphatic heterocycles. The van der Waals surface area contributed by atoms with E-state index in [0.29, 0.717) is 0 Å². The standard InChI is InChI=1S/C25H23NO3/c1-28-21-14-8-9-18(17-21)15-16-22(27)25-26-23(19-10-4-2-5-11-19)24(29-25)20-12-6-3-7-13-20/h2-17,23-26H,1H3/b16-15+. The summed E-state index contributed by atoms with van der Waals surface area (Å²) in [6, 6.07) is 27.6. The third-order valence-electron chi connectivity index (χ3n) is 5.00. The van der Waals surface area contributed by atoms with Crippen LogP contribution < -0.4 is 10.1 Å². The van der Waals surface area contributed by atoms with Crippen molar-refractivity contribution >= 4 is 11.9 Å². The molecule has 0 aliphatic carbocycles. The zero-order valence-electron chi connectivity index (χ0n) is 16.2. The summed E-state index contributed by atoms with van der Waals surface area (Å²) in [7, 11) is 1.62. The Labute approximate surface area is 170 Å². The van der Waals surface area contributed by atoms with Gasteiger partial charge in [0.15, 0.2) is 12.0 Å². The molecule has 3 aromatic carbocycles. The largest absolute Gasteiger partial charge is 0.497 e. The van der Waals surface area contributed by atoms with Gasteiger partial charge in [0.2, 0.25) is 0 Å². The molecule has 0 amide bonds. The molecule has 0 bridgehead atoms. The molecule has 0 saturated carbocycles. The first kappa shape index (κ1) is 19.1. The summed E-state index contributed by atoms with van der Waals surface area (Å²) in [4.78, 5) is 12.8. The number of hydrogen-bond donors (Lipinski definition) is 1. The summed E-state index contributed by atoms with van der Waals surface area (Å²) in [5, 5.41) is 3.37. The van der Waals surface area contributed by atoms with Crippen molar-refractivity contribution in [2.24, 2.45) is 0 Å². The van der Waals surface area contributed by atoms with Crippen LogP contribution in [0, 0.1) is 0 Å². The number of rotatable bonds is 6. The minimum absolute atomic E-state index is 0.0993. The van der Waals surface area contributed by atoms with E-state index < -0.39 is 6.23 Å². The van der Waals surface area contributed by atoms with Crippen LogP contribution in [0.4, 0.5) is 0 Å². The van der Waals surface area contributed by atoms with Gasteiger partial charge in [-0.25, -0.2) is 0 Å². The van der Waals surface area contributed by atoms with Crippen LogP contribution in [0.25, 0.3) is 6.08 Å². The molecule has 146 valence electrons. The lowest BCUT2D eigenvalue weighted by molar-refractivity contribution is -0.125. The smallest absolute Gasteiger partial charge is 0.199 e. The maximum Gasteiger partial charge on any atom is 0.199 e. The van der Waals surface area contributed by atoms with Crippen molar-refractivity contribution in [1.29, 1.82) is 0 Å². The van der Waals surface area contributed by atoms with E-state index in [1.54, 1.807) is 19.3 Å². The normalized spacial score (nSPS) is 21.3. The van der Waals surface area contributed by atoms with Gasteiger partial charge in [0.25, 0.3) is 0 Å². The lowest BCUT2D eigenvalue weighted by atomic mass is 9.97. The summed E-state index contributed by atoms with van der Waals surface area (Å²) < 4.78 is 11.4. The van der Waals surface area contributed by atoms with Crippen LogP contribution in [0.1, 0.15) is 28.8 Å². The number of ketones is 1. The SMILES string of the molecule is COc1cccc(/C=C/C(=O)C2NC(c3ccccc3)C(c3ccccc3)O2)c1. The minimum atomic E-state index is -0.702. The van der Waals surface area contributed by atoms with Gasteiger partial charge in [-0.15, -0.1) is 0 Å². The van der Waals surface area contributed by atoms with Gasteiger partial charge in [0.05, 0.1) is 13.2 Å². The van der Waals surface area contributed by atoms with Crippen molar-refractivity contribution in [3.63, 3.8) is 0 Å². The van der Waals surface area contributed by atoms with Gasteiger partial charge in [0.1, 0.15) is 11.9 Å². The van der Waals surface area contributed by atoms with E-state index in [0.717, 1.165) is 22.4 Å². The van der Waals surface area contributed by atoms with Crippen LogP contribution in [0.15, 0.2) is 91.0 Å². The van der Waals surface area contributed by atoms with Gasteiger partial charge in [-0.2, -0.15) is 0 Å². The molecule has 4 heteroatoms. The second-order valence-corrected chi connectivity index (χ2v) is 6.91. The maximum absolute atomic E-state index is 12.8. The summed E-state index contributed by atoms with van der Waals surface area (Å²) in [6.07, 6.45) is 2.40. The third-order valence-corrected chi connectivity index (χ3v) is 5.00. The van der Waals surface area contributed by atoms with Crippen LogP contribution >= 0.6 is 0 Å². The zero-order valence-corrected chi connectivity index (χ0v) is 16.2. The number of nitrogens with one attached hydrogen (secondary N) is 1. The summed E-state index contributed by atoms with van der Waals surface area (Å²) in [6.45, 7) is 0. The van der Waals surface area contributed by atoms with E-state index in [1.165, 1.54) is 0 Å². The fourth-order valence-corrected chi connectivity index (χ4v) is 3.52. The molecule has 0 radical (unpaired) electrons. The van der Waals surface area contributed by atoms with E-state index in [9.17, 15) is 4.79 Å². The molecule has 1 aliphatic rings. The molecule has 1 saturated heterocycles. The molecule has 4 nitrogen and oxygen atoms in total. The van der Waals surface area contributed by atoms with Crippen molar-refractivity contribution in [1.82, 2.24) is 5.32 Å². The molecule has 3 atom stereocenters. The molecular formula is C25H23NO3. The molecule has 3 unspecified atom stereocenters. The summed E-state index contributed by atoms with van der Waals surface area (Å²) in [5.41, 5.74) is 3.03. The van der Waals surface area contributed by atoms with Crippen LogP contribution in [-0.4, -0.2) is 19.1 Å². The monoisotopic (exact) mass is 385 g/mol. The van der Waals surface area contributed by atoms with Gasteiger partial charge in [-0.3, -0.25) is 10.1 Å². The second-order valence-electron chi connectivity index (χ2n) is 6.91. The van der Waals surface area contributed by atoms with Gasteiger partial charge < -0.3 is 9.47 Å². The van der Waals surface area contributed by atoms with Gasteiger partial charge in [-0.1, -0.05) is 78.9 Å². The van der Waals surface area contributed by atoms with Gasteiger partial charge in [-0.05, 0) is 34.9 Å². The first-order chi connectivity index (χ1) is 14.2. The molecule has 4 rings (SSSR count). The van der Waals surface area contributed by atoms with Gasteiger partial charge in [0, 0.05) is 0 Å². The third kappa shape index (κ3) is 4.45. The van der Waals surface area contributed by atoms with E-state index in [4.69, 9.17) is 9.47 Å². The average molecular weight is 385 g/mol. The predicted octanol–water partition coefficient (Wildman–Crippen LogP) is 4.71. The highest BCUT2D eigenvalue weighted by atomic mass is 16.5. The van der Waals surface area contributed by atoms with Crippen LogP contribution in [-0.2, 0) is 9.53 Å². The zero-order chi connectivity index (χ0) is 20.1. The van der Waals surface area contributed by atoms with Crippen molar-refractivity contribution in [2.45, 2.75) is 18.4 Å². The fraction of sp³-hybridized carbons (Fsp3) is 0.160. The Hall–Kier alpha value is -3.21. The van der Waals surface area contributed by atoms with Crippen LogP contribution in [0.2, 0.25) is 0 Å². The Morgan fingerprint density at radius 1 is 0.931 bits per heavy atom. The molecule has 0 spiro atoms. The Morgan fingerprint density at radius 3 is 2.31 bits per heavy atom. The Morgan fingerprint density at radius 2 is 1.62 bits per heavy atom. The molecule has 1 N–H and O–H groups in total. The lowest BCUT2D eigenvalue weighted by Crippen LogP contribution is -2.32. The second kappa shape index (κ2) is 8.86. The van der Waals surface area contributed by atoms with E-state index in [2.05, 4.69) is 17.4 Å².